The van der Waals surface area contributed by atoms with E-state index in [1.807, 2.05) is 0 Å². The number of ketones is 1. The summed E-state index contributed by atoms with van der Waals surface area (Å²) in [5.74, 6) is 0.243. The predicted octanol–water partition coefficient (Wildman–Crippen LogP) is 2.22. The fourth-order valence-electron chi connectivity index (χ4n) is 1.47. The fraction of sp³-hybridized carbons (Fsp3) is 0.556. The first kappa shape index (κ1) is 7.92. The van der Waals surface area contributed by atoms with Crippen molar-refractivity contribution in [3.63, 3.8) is 0 Å². The second-order valence-corrected chi connectivity index (χ2v) is 4.18. The lowest BCUT2D eigenvalue weighted by molar-refractivity contribution is 0.0968. The molecule has 1 aliphatic carbocycles. The third kappa shape index (κ3) is 1.18. The van der Waals surface area contributed by atoms with Gasteiger partial charge in [-0.2, -0.15) is 0 Å². The quantitative estimate of drug-likeness (QED) is 0.665. The van der Waals surface area contributed by atoms with Gasteiger partial charge in [0.1, 0.15) is 5.69 Å². The number of rotatable bonds is 1. The van der Waals surface area contributed by atoms with Crippen LogP contribution in [-0.4, -0.2) is 10.8 Å². The third-order valence-corrected chi connectivity index (χ3v) is 3.38. The smallest absolute Gasteiger partial charge is 0.182 e. The van der Waals surface area contributed by atoms with E-state index in [4.69, 9.17) is 0 Å². The van der Waals surface area contributed by atoms with Gasteiger partial charge < -0.3 is 0 Å². The monoisotopic (exact) mass is 181 g/mol. The van der Waals surface area contributed by atoms with Gasteiger partial charge in [0.2, 0.25) is 0 Å². The topological polar surface area (TPSA) is 30.0 Å². The van der Waals surface area contributed by atoms with Gasteiger partial charge in [-0.05, 0) is 19.3 Å². The maximum atomic E-state index is 11.4. The SMILES string of the molecule is CCc1nc2c(s1)CCCC2=O. The van der Waals surface area contributed by atoms with E-state index in [1.165, 1.54) is 4.88 Å². The Hall–Kier alpha value is -0.700. The number of hydrogen-bond donors (Lipinski definition) is 0. The van der Waals surface area contributed by atoms with Gasteiger partial charge >= 0.3 is 0 Å². The van der Waals surface area contributed by atoms with E-state index in [2.05, 4.69) is 11.9 Å². The average molecular weight is 181 g/mol. The van der Waals surface area contributed by atoms with E-state index < -0.39 is 0 Å². The maximum absolute atomic E-state index is 11.4. The summed E-state index contributed by atoms with van der Waals surface area (Å²) in [6.07, 6.45) is 3.71. The molecule has 0 radical (unpaired) electrons. The number of Topliss-reactive ketones (excluding diaryl/α,β-unsaturated/α-hetero) is 1. The Balaban J connectivity index is 2.43. The molecule has 0 spiro atoms. The van der Waals surface area contributed by atoms with Crippen LogP contribution in [0.1, 0.15) is 40.1 Å². The molecule has 3 heteroatoms. The summed E-state index contributed by atoms with van der Waals surface area (Å²) in [6.45, 7) is 2.08. The normalized spacial score (nSPS) is 16.2. The number of fused-ring (bicyclic) bond motifs is 1. The summed E-state index contributed by atoms with van der Waals surface area (Å²) in [6, 6.07) is 0. The zero-order valence-corrected chi connectivity index (χ0v) is 7.91. The van der Waals surface area contributed by atoms with Crippen LogP contribution in [0.2, 0.25) is 0 Å². The zero-order valence-electron chi connectivity index (χ0n) is 7.09. The van der Waals surface area contributed by atoms with Crippen molar-refractivity contribution in [3.05, 3.63) is 15.6 Å². The van der Waals surface area contributed by atoms with Crippen LogP contribution in [0.25, 0.3) is 0 Å². The molecule has 1 heterocycles. The standard InChI is InChI=1S/C9H11NOS/c1-2-8-10-9-6(11)4-3-5-7(9)12-8/h2-5H2,1H3. The summed E-state index contributed by atoms with van der Waals surface area (Å²) < 4.78 is 0. The summed E-state index contributed by atoms with van der Waals surface area (Å²) in [5, 5.41) is 1.11. The highest BCUT2D eigenvalue weighted by atomic mass is 32.1. The largest absolute Gasteiger partial charge is 0.292 e. The highest BCUT2D eigenvalue weighted by molar-refractivity contribution is 7.12. The van der Waals surface area contributed by atoms with E-state index in [0.29, 0.717) is 6.42 Å². The van der Waals surface area contributed by atoms with Gasteiger partial charge in [-0.25, -0.2) is 4.98 Å². The molecule has 0 N–H and O–H groups in total. The predicted molar refractivity (Wildman–Crippen MR) is 48.8 cm³/mol. The van der Waals surface area contributed by atoms with E-state index >= 15 is 0 Å². The first-order chi connectivity index (χ1) is 5.81. The van der Waals surface area contributed by atoms with Crippen molar-refractivity contribution < 1.29 is 4.79 Å². The number of hydrogen-bond acceptors (Lipinski definition) is 3. The lowest BCUT2D eigenvalue weighted by Crippen LogP contribution is -2.08. The van der Waals surface area contributed by atoms with Crippen LogP contribution in [0.15, 0.2) is 0 Å². The Kier molecular flexibility index (Phi) is 1.97. The molecule has 2 rings (SSSR count). The Bertz CT molecular complexity index is 316. The van der Waals surface area contributed by atoms with Crippen LogP contribution in [0.3, 0.4) is 0 Å². The summed E-state index contributed by atoms with van der Waals surface area (Å²) >= 11 is 1.71. The van der Waals surface area contributed by atoms with E-state index in [9.17, 15) is 4.79 Å². The Labute approximate surface area is 75.6 Å². The molecule has 2 nitrogen and oxygen atoms in total. The van der Waals surface area contributed by atoms with Crippen LogP contribution >= 0.6 is 11.3 Å². The van der Waals surface area contributed by atoms with Gasteiger partial charge in [0, 0.05) is 11.3 Å². The molecule has 0 amide bonds. The molecule has 0 atom stereocenters. The lowest BCUT2D eigenvalue weighted by Gasteiger charge is -2.06. The van der Waals surface area contributed by atoms with Crippen molar-refractivity contribution in [3.8, 4) is 0 Å². The lowest BCUT2D eigenvalue weighted by atomic mass is 10.0. The molecular weight excluding hydrogens is 170 g/mol. The number of nitrogens with zero attached hydrogens (tertiary/aromatic N) is 1. The minimum atomic E-state index is 0.243. The molecule has 0 saturated carbocycles. The van der Waals surface area contributed by atoms with Crippen LogP contribution in [-0.2, 0) is 12.8 Å². The molecule has 0 unspecified atom stereocenters. The molecule has 0 aliphatic heterocycles. The van der Waals surface area contributed by atoms with E-state index in [0.717, 1.165) is 30.0 Å². The Morgan fingerprint density at radius 1 is 1.50 bits per heavy atom. The van der Waals surface area contributed by atoms with Gasteiger partial charge in [-0.3, -0.25) is 4.79 Å². The average Bonchev–Trinajstić information content (AvgIpc) is 2.49. The molecule has 1 aromatic rings. The molecular formula is C9H11NOS. The van der Waals surface area contributed by atoms with Gasteiger partial charge in [0.15, 0.2) is 5.78 Å². The summed E-state index contributed by atoms with van der Waals surface area (Å²) in [7, 11) is 0. The fourth-order valence-corrected chi connectivity index (χ4v) is 2.54. The highest BCUT2D eigenvalue weighted by Gasteiger charge is 2.21. The number of aryl methyl sites for hydroxylation is 2. The van der Waals surface area contributed by atoms with Gasteiger partial charge in [0.25, 0.3) is 0 Å². The minimum Gasteiger partial charge on any atom is -0.292 e. The highest BCUT2D eigenvalue weighted by Crippen LogP contribution is 2.26. The van der Waals surface area contributed by atoms with Gasteiger partial charge in [-0.1, -0.05) is 6.92 Å². The second-order valence-electron chi connectivity index (χ2n) is 3.01. The van der Waals surface area contributed by atoms with E-state index in [-0.39, 0.29) is 5.78 Å². The van der Waals surface area contributed by atoms with Crippen molar-refractivity contribution in [2.24, 2.45) is 0 Å². The minimum absolute atomic E-state index is 0.243. The summed E-state index contributed by atoms with van der Waals surface area (Å²) in [4.78, 5) is 16.9. The first-order valence-electron chi connectivity index (χ1n) is 4.33. The molecule has 64 valence electrons. The van der Waals surface area contributed by atoms with Crippen LogP contribution in [0, 0.1) is 0 Å². The van der Waals surface area contributed by atoms with Crippen molar-refractivity contribution in [2.75, 3.05) is 0 Å². The number of aromatic nitrogens is 1. The van der Waals surface area contributed by atoms with Crippen LogP contribution in [0.4, 0.5) is 0 Å². The Morgan fingerprint density at radius 2 is 2.33 bits per heavy atom. The molecule has 0 fully saturated rings. The van der Waals surface area contributed by atoms with Crippen molar-refractivity contribution in [1.29, 1.82) is 0 Å². The number of thiazole rings is 1. The second kappa shape index (κ2) is 2.98. The van der Waals surface area contributed by atoms with Crippen LogP contribution < -0.4 is 0 Å². The van der Waals surface area contributed by atoms with Crippen molar-refractivity contribution >= 4 is 17.1 Å². The maximum Gasteiger partial charge on any atom is 0.182 e. The molecule has 0 saturated heterocycles. The first-order valence-corrected chi connectivity index (χ1v) is 5.14. The molecule has 0 aromatic carbocycles. The molecule has 12 heavy (non-hydrogen) atoms. The Morgan fingerprint density at radius 3 is 3.00 bits per heavy atom. The number of carbonyl (C=O) groups excluding carboxylic acids is 1. The molecule has 0 bridgehead atoms. The zero-order chi connectivity index (χ0) is 8.55. The van der Waals surface area contributed by atoms with Gasteiger partial charge in [0.05, 0.1) is 5.01 Å². The summed E-state index contributed by atoms with van der Waals surface area (Å²) in [5.41, 5.74) is 0.767. The van der Waals surface area contributed by atoms with E-state index in [1.54, 1.807) is 11.3 Å². The van der Waals surface area contributed by atoms with Crippen LogP contribution in [0.5, 0.6) is 0 Å². The van der Waals surface area contributed by atoms with Crippen molar-refractivity contribution in [1.82, 2.24) is 4.98 Å². The third-order valence-electron chi connectivity index (χ3n) is 2.12. The van der Waals surface area contributed by atoms with Gasteiger partial charge in [-0.15, -0.1) is 11.3 Å². The molecule has 1 aromatic heterocycles. The number of carbonyl (C=O) groups is 1. The van der Waals surface area contributed by atoms with Crippen molar-refractivity contribution in [2.45, 2.75) is 32.6 Å². The molecule has 1 aliphatic rings.